The number of carbonyl (C=O) groups is 1. The molecule has 1 aliphatic heterocycles. The highest BCUT2D eigenvalue weighted by Gasteiger charge is 2.37. The highest BCUT2D eigenvalue weighted by Crippen LogP contribution is 2.26. The number of carbonyl (C=O) groups excluding carboxylic acids is 1. The number of ether oxygens (including phenoxy) is 1. The second-order valence-corrected chi connectivity index (χ2v) is 10.9. The molecule has 1 saturated heterocycles. The number of hydrogen-bond donors (Lipinski definition) is 1. The molecule has 2 aromatic rings. The summed E-state index contributed by atoms with van der Waals surface area (Å²) in [6.07, 6.45) is 2.68. The molecule has 0 aromatic heterocycles. The number of sulfonamides is 1. The standard InChI is InChI=1S/C24H32N2O4S/c1-24(2,3)30-23(27)26-15-9-14-21(25-31(4,28)29)22(26)17-18-10-8-13-20(16-18)19-11-6-5-7-12-19/h5-8,10-13,16,21-22,25H,9,14-15,17H2,1-4H3/t21-,22-/m0/s1. The third kappa shape index (κ3) is 6.80. The van der Waals surface area contributed by atoms with Crippen LogP contribution in [0, 0.1) is 0 Å². The lowest BCUT2D eigenvalue weighted by molar-refractivity contribution is 0.00592. The van der Waals surface area contributed by atoms with Crippen molar-refractivity contribution < 1.29 is 17.9 Å². The summed E-state index contributed by atoms with van der Waals surface area (Å²) in [7, 11) is -3.41. The van der Waals surface area contributed by atoms with Crippen molar-refractivity contribution in [2.45, 2.75) is 57.7 Å². The van der Waals surface area contributed by atoms with Crippen molar-refractivity contribution in [1.82, 2.24) is 9.62 Å². The number of amides is 1. The van der Waals surface area contributed by atoms with Crippen molar-refractivity contribution in [3.05, 3.63) is 60.2 Å². The Kier molecular flexibility index (Phi) is 7.06. The van der Waals surface area contributed by atoms with Crippen LogP contribution in [0.15, 0.2) is 54.6 Å². The van der Waals surface area contributed by atoms with Gasteiger partial charge in [0.25, 0.3) is 0 Å². The number of benzene rings is 2. The Bertz CT molecular complexity index is 1000. The summed E-state index contributed by atoms with van der Waals surface area (Å²) in [5, 5.41) is 0. The first-order chi connectivity index (χ1) is 14.5. The molecule has 1 aliphatic rings. The van der Waals surface area contributed by atoms with E-state index in [9.17, 15) is 13.2 Å². The maximum Gasteiger partial charge on any atom is 0.410 e. The van der Waals surface area contributed by atoms with Crippen LogP contribution in [0.25, 0.3) is 11.1 Å². The van der Waals surface area contributed by atoms with E-state index >= 15 is 0 Å². The third-order valence-electron chi connectivity index (χ3n) is 5.25. The van der Waals surface area contributed by atoms with E-state index in [1.165, 1.54) is 0 Å². The highest BCUT2D eigenvalue weighted by molar-refractivity contribution is 7.88. The predicted octanol–water partition coefficient (Wildman–Crippen LogP) is 4.21. The van der Waals surface area contributed by atoms with Crippen LogP contribution in [-0.2, 0) is 21.2 Å². The first-order valence-electron chi connectivity index (χ1n) is 10.6. The van der Waals surface area contributed by atoms with E-state index in [4.69, 9.17) is 4.74 Å². The van der Waals surface area contributed by atoms with E-state index in [1.54, 1.807) is 4.90 Å². The summed E-state index contributed by atoms with van der Waals surface area (Å²) >= 11 is 0. The van der Waals surface area contributed by atoms with E-state index in [0.29, 0.717) is 25.8 Å². The molecular formula is C24H32N2O4S. The molecule has 7 heteroatoms. The first-order valence-corrected chi connectivity index (χ1v) is 12.5. The molecule has 0 aliphatic carbocycles. The Hall–Kier alpha value is -2.38. The third-order valence-corrected chi connectivity index (χ3v) is 5.98. The van der Waals surface area contributed by atoms with Gasteiger partial charge >= 0.3 is 6.09 Å². The molecule has 0 saturated carbocycles. The van der Waals surface area contributed by atoms with Crippen molar-refractivity contribution in [1.29, 1.82) is 0 Å². The number of nitrogens with one attached hydrogen (secondary N) is 1. The second-order valence-electron chi connectivity index (χ2n) is 9.15. The highest BCUT2D eigenvalue weighted by atomic mass is 32.2. The van der Waals surface area contributed by atoms with Crippen molar-refractivity contribution in [2.24, 2.45) is 0 Å². The zero-order valence-corrected chi connectivity index (χ0v) is 19.5. The number of rotatable bonds is 5. The topological polar surface area (TPSA) is 75.7 Å². The Labute approximate surface area is 185 Å². The maximum absolute atomic E-state index is 12.9. The average Bonchev–Trinajstić information content (AvgIpc) is 2.68. The van der Waals surface area contributed by atoms with Crippen LogP contribution in [0.2, 0.25) is 0 Å². The minimum atomic E-state index is -3.41. The van der Waals surface area contributed by atoms with Gasteiger partial charge in [0.1, 0.15) is 5.60 Å². The SMILES string of the molecule is CC(C)(C)OC(=O)N1CCC[C@H](NS(C)(=O)=O)[C@@H]1Cc1cccc(-c2ccccc2)c1. The van der Waals surface area contributed by atoms with Gasteiger partial charge in [-0.1, -0.05) is 54.6 Å². The number of likely N-dealkylation sites (tertiary alicyclic amines) is 1. The van der Waals surface area contributed by atoms with Gasteiger partial charge < -0.3 is 9.64 Å². The van der Waals surface area contributed by atoms with Crippen molar-refractivity contribution >= 4 is 16.1 Å². The Balaban J connectivity index is 1.90. The largest absolute Gasteiger partial charge is 0.444 e. The summed E-state index contributed by atoms with van der Waals surface area (Å²) in [6.45, 7) is 6.04. The monoisotopic (exact) mass is 444 g/mol. The molecule has 1 fully saturated rings. The van der Waals surface area contributed by atoms with Crippen LogP contribution >= 0.6 is 0 Å². The lowest BCUT2D eigenvalue weighted by Gasteiger charge is -2.41. The molecule has 0 bridgehead atoms. The second kappa shape index (κ2) is 9.40. The molecule has 0 unspecified atom stereocenters. The molecule has 1 N–H and O–H groups in total. The Morgan fingerprint density at radius 3 is 2.42 bits per heavy atom. The van der Waals surface area contributed by atoms with Crippen molar-refractivity contribution in [2.75, 3.05) is 12.8 Å². The smallest absolute Gasteiger partial charge is 0.410 e. The van der Waals surface area contributed by atoms with E-state index in [0.717, 1.165) is 22.9 Å². The van der Waals surface area contributed by atoms with Gasteiger partial charge in [-0.2, -0.15) is 0 Å². The van der Waals surface area contributed by atoms with Crippen LogP contribution in [0.4, 0.5) is 4.79 Å². The average molecular weight is 445 g/mol. The van der Waals surface area contributed by atoms with Crippen LogP contribution < -0.4 is 4.72 Å². The Morgan fingerprint density at radius 1 is 1.10 bits per heavy atom. The normalized spacial score (nSPS) is 19.8. The van der Waals surface area contributed by atoms with Gasteiger partial charge in [-0.15, -0.1) is 0 Å². The van der Waals surface area contributed by atoms with Gasteiger partial charge in [-0.25, -0.2) is 17.9 Å². The van der Waals surface area contributed by atoms with Crippen LogP contribution in [-0.4, -0.2) is 49.9 Å². The van der Waals surface area contributed by atoms with E-state index in [1.807, 2.05) is 51.1 Å². The molecule has 1 heterocycles. The summed E-state index contributed by atoms with van der Waals surface area (Å²) in [4.78, 5) is 14.6. The molecule has 168 valence electrons. The quantitative estimate of drug-likeness (QED) is 0.749. The zero-order chi connectivity index (χ0) is 22.6. The fourth-order valence-electron chi connectivity index (χ4n) is 4.02. The number of piperidine rings is 1. The molecule has 0 spiro atoms. The molecule has 3 rings (SSSR count). The Morgan fingerprint density at radius 2 is 1.77 bits per heavy atom. The number of hydrogen-bond acceptors (Lipinski definition) is 4. The van der Waals surface area contributed by atoms with Crippen molar-refractivity contribution in [3.8, 4) is 11.1 Å². The van der Waals surface area contributed by atoms with E-state index in [-0.39, 0.29) is 12.1 Å². The molecule has 0 radical (unpaired) electrons. The maximum atomic E-state index is 12.9. The van der Waals surface area contributed by atoms with Gasteiger partial charge in [-0.05, 0) is 56.7 Å². The molecule has 2 aromatic carbocycles. The number of nitrogens with zero attached hydrogens (tertiary/aromatic N) is 1. The molecule has 1 amide bonds. The molecular weight excluding hydrogens is 412 g/mol. The summed E-state index contributed by atoms with van der Waals surface area (Å²) in [5.41, 5.74) is 2.63. The summed E-state index contributed by atoms with van der Waals surface area (Å²) < 4.78 is 32.4. The van der Waals surface area contributed by atoms with Gasteiger partial charge in [0.2, 0.25) is 10.0 Å². The van der Waals surface area contributed by atoms with Crippen LogP contribution in [0.3, 0.4) is 0 Å². The van der Waals surface area contributed by atoms with Gasteiger partial charge in [0.15, 0.2) is 0 Å². The van der Waals surface area contributed by atoms with E-state index in [2.05, 4.69) is 29.0 Å². The molecule has 31 heavy (non-hydrogen) atoms. The van der Waals surface area contributed by atoms with E-state index < -0.39 is 21.7 Å². The lowest BCUT2D eigenvalue weighted by Crippen LogP contribution is -2.58. The minimum absolute atomic E-state index is 0.329. The minimum Gasteiger partial charge on any atom is -0.444 e. The zero-order valence-electron chi connectivity index (χ0n) is 18.7. The van der Waals surface area contributed by atoms with Crippen LogP contribution in [0.1, 0.15) is 39.2 Å². The first kappa shape index (κ1) is 23.3. The fourth-order valence-corrected chi connectivity index (χ4v) is 4.84. The van der Waals surface area contributed by atoms with Gasteiger partial charge in [0.05, 0.1) is 12.3 Å². The van der Waals surface area contributed by atoms with Gasteiger partial charge in [-0.3, -0.25) is 0 Å². The molecule has 2 atom stereocenters. The predicted molar refractivity (Wildman–Crippen MR) is 123 cm³/mol. The summed E-state index contributed by atoms with van der Waals surface area (Å²) in [6, 6.07) is 17.6. The summed E-state index contributed by atoms with van der Waals surface area (Å²) in [5.74, 6) is 0. The fraction of sp³-hybridized carbons (Fsp3) is 0.458. The van der Waals surface area contributed by atoms with Crippen LogP contribution in [0.5, 0.6) is 0 Å². The molecule has 6 nitrogen and oxygen atoms in total. The lowest BCUT2D eigenvalue weighted by atomic mass is 9.90. The van der Waals surface area contributed by atoms with Crippen molar-refractivity contribution in [3.63, 3.8) is 0 Å². The van der Waals surface area contributed by atoms with Gasteiger partial charge in [0, 0.05) is 12.6 Å².